The minimum Gasteiger partial charge on any atom is -0.355 e. The van der Waals surface area contributed by atoms with Gasteiger partial charge in [0, 0.05) is 57.1 Å². The number of halogens is 1. The quantitative estimate of drug-likeness (QED) is 0.160. The van der Waals surface area contributed by atoms with E-state index in [0.717, 1.165) is 22.7 Å². The van der Waals surface area contributed by atoms with Crippen LogP contribution in [0, 0.1) is 0 Å². The molecule has 0 aliphatic heterocycles. The van der Waals surface area contributed by atoms with E-state index in [9.17, 15) is 9.59 Å². The van der Waals surface area contributed by atoms with E-state index in [2.05, 4.69) is 37.2 Å². The number of pyridine rings is 2. The molecule has 5 rings (SSSR count). The molecule has 4 N–H and O–H groups in total. The van der Waals surface area contributed by atoms with Gasteiger partial charge in [0.25, 0.3) is 11.8 Å². The zero-order chi connectivity index (χ0) is 28.8. The number of hydrogen-bond acceptors (Lipinski definition) is 4. The van der Waals surface area contributed by atoms with Gasteiger partial charge in [0.1, 0.15) is 14.1 Å². The van der Waals surface area contributed by atoms with Gasteiger partial charge >= 0.3 is 0 Å². The van der Waals surface area contributed by atoms with E-state index in [4.69, 9.17) is 0 Å². The molecule has 2 amide bonds. The molecule has 0 saturated heterocycles. The summed E-state index contributed by atoms with van der Waals surface area (Å²) in [6.07, 6.45) is 7.86. The van der Waals surface area contributed by atoms with Gasteiger partial charge in [-0.05, 0) is 82.7 Å². The second-order valence-corrected chi connectivity index (χ2v) is 10.4. The van der Waals surface area contributed by atoms with Crippen LogP contribution in [0.5, 0.6) is 0 Å². The van der Waals surface area contributed by atoms with Crippen LogP contribution in [-0.4, -0.2) is 11.8 Å². The smallest absolute Gasteiger partial charge is 0.256 e. The van der Waals surface area contributed by atoms with Crippen LogP contribution in [0.3, 0.4) is 0 Å². The first-order valence-electron chi connectivity index (χ1n) is 12.9. The monoisotopic (exact) mass is 608 g/mol. The zero-order valence-electron chi connectivity index (χ0n) is 22.6. The molecular formula is C32H29BrN6O2+2. The number of carbonyl (C=O) groups is 2. The van der Waals surface area contributed by atoms with Gasteiger partial charge in [-0.1, -0.05) is 0 Å². The number of amides is 2. The Labute approximate surface area is 246 Å². The summed E-state index contributed by atoms with van der Waals surface area (Å²) in [6, 6.07) is 27.8. The van der Waals surface area contributed by atoms with E-state index in [0.29, 0.717) is 27.0 Å². The van der Waals surface area contributed by atoms with Crippen LogP contribution < -0.4 is 30.4 Å². The summed E-state index contributed by atoms with van der Waals surface area (Å²) in [5.74, 6) is -0.556. The fraction of sp³-hybridized carbons (Fsp3) is 0.0625. The summed E-state index contributed by atoms with van der Waals surface area (Å²) in [4.78, 5) is 25.8. The first-order chi connectivity index (χ1) is 19.8. The predicted molar refractivity (Wildman–Crippen MR) is 165 cm³/mol. The Bertz CT molecular complexity index is 1670. The van der Waals surface area contributed by atoms with Crippen molar-refractivity contribution in [2.45, 2.75) is 0 Å². The van der Waals surface area contributed by atoms with E-state index < -0.39 is 0 Å². The van der Waals surface area contributed by atoms with Crippen molar-refractivity contribution < 1.29 is 18.7 Å². The molecule has 0 aliphatic rings. The highest BCUT2D eigenvalue weighted by Gasteiger charge is 2.14. The summed E-state index contributed by atoms with van der Waals surface area (Å²) in [6.45, 7) is 0. The summed E-state index contributed by atoms with van der Waals surface area (Å²) >= 11 is 3.45. The van der Waals surface area contributed by atoms with Gasteiger partial charge in [0.2, 0.25) is 0 Å². The normalized spacial score (nSPS) is 10.5. The molecule has 2 heterocycles. The topological polar surface area (TPSA) is 90.0 Å². The van der Waals surface area contributed by atoms with E-state index in [-0.39, 0.29) is 11.8 Å². The molecule has 41 heavy (non-hydrogen) atoms. The maximum atomic E-state index is 12.9. The zero-order valence-corrected chi connectivity index (χ0v) is 24.1. The molecule has 0 bridgehead atoms. The third kappa shape index (κ3) is 7.34. The maximum absolute atomic E-state index is 12.9. The highest BCUT2D eigenvalue weighted by molar-refractivity contribution is 9.10. The van der Waals surface area contributed by atoms with Crippen LogP contribution in [-0.2, 0) is 14.1 Å². The first-order valence-corrected chi connectivity index (χ1v) is 13.7. The number of aryl methyl sites for hydroxylation is 2. The highest BCUT2D eigenvalue weighted by atomic mass is 79.9. The van der Waals surface area contributed by atoms with Crippen molar-refractivity contribution in [3.63, 3.8) is 0 Å². The number of aromatic nitrogens is 2. The molecule has 2 aromatic heterocycles. The number of carbonyl (C=O) groups excluding carboxylic acids is 2. The van der Waals surface area contributed by atoms with Gasteiger partial charge < -0.3 is 21.3 Å². The molecular weight excluding hydrogens is 580 g/mol. The van der Waals surface area contributed by atoms with E-state index in [1.165, 1.54) is 0 Å². The van der Waals surface area contributed by atoms with Crippen molar-refractivity contribution in [3.8, 4) is 0 Å². The number of benzene rings is 3. The van der Waals surface area contributed by atoms with Gasteiger partial charge in [0.15, 0.2) is 24.8 Å². The molecule has 0 radical (unpaired) electrons. The Kier molecular flexibility index (Phi) is 8.36. The second kappa shape index (κ2) is 12.4. The van der Waals surface area contributed by atoms with Crippen molar-refractivity contribution in [1.82, 2.24) is 0 Å². The summed E-state index contributed by atoms with van der Waals surface area (Å²) in [7, 11) is 3.93. The lowest BCUT2D eigenvalue weighted by molar-refractivity contribution is -0.671. The van der Waals surface area contributed by atoms with Crippen LogP contribution in [0.2, 0.25) is 0 Å². The van der Waals surface area contributed by atoms with E-state index in [1.54, 1.807) is 18.2 Å². The molecule has 204 valence electrons. The van der Waals surface area contributed by atoms with E-state index >= 15 is 0 Å². The Balaban J connectivity index is 1.17. The third-order valence-corrected chi connectivity index (χ3v) is 6.95. The minimum absolute atomic E-state index is 0.274. The van der Waals surface area contributed by atoms with Crippen molar-refractivity contribution >= 4 is 61.9 Å². The number of anilines is 6. The lowest BCUT2D eigenvalue weighted by Crippen LogP contribution is -2.25. The molecule has 9 heteroatoms. The SMILES string of the molecule is C[n+]1ccc(Nc2ccc(NC(=O)c3ccc(C(=O)Nc4ccc(Nc5cc[n+](C)cc5)cc4)c(Br)c3)cc2)cc1. The van der Waals surface area contributed by atoms with Crippen molar-refractivity contribution in [2.75, 3.05) is 21.3 Å². The molecule has 0 saturated carbocycles. The average Bonchev–Trinajstić information content (AvgIpc) is 2.97. The Morgan fingerprint density at radius 3 is 1.37 bits per heavy atom. The lowest BCUT2D eigenvalue weighted by atomic mass is 10.1. The maximum Gasteiger partial charge on any atom is 0.256 e. The number of nitrogens with one attached hydrogen (secondary N) is 4. The number of rotatable bonds is 8. The Morgan fingerprint density at radius 2 is 0.927 bits per heavy atom. The van der Waals surface area contributed by atoms with E-state index in [1.807, 2.05) is 121 Å². The Morgan fingerprint density at radius 1 is 0.537 bits per heavy atom. The second-order valence-electron chi connectivity index (χ2n) is 9.51. The molecule has 0 fully saturated rings. The third-order valence-electron chi connectivity index (χ3n) is 6.30. The molecule has 0 spiro atoms. The van der Waals surface area contributed by atoms with Crippen molar-refractivity contribution in [1.29, 1.82) is 0 Å². The summed E-state index contributed by atoms with van der Waals surface area (Å²) < 4.78 is 4.45. The van der Waals surface area contributed by atoms with Gasteiger partial charge in [-0.15, -0.1) is 0 Å². The average molecular weight is 610 g/mol. The van der Waals surface area contributed by atoms with Crippen molar-refractivity contribution in [3.05, 3.63) is 131 Å². The molecule has 8 nitrogen and oxygen atoms in total. The van der Waals surface area contributed by atoms with Crippen LogP contribution in [0.15, 0.2) is 120 Å². The van der Waals surface area contributed by atoms with Gasteiger partial charge in [-0.25, -0.2) is 9.13 Å². The molecule has 3 aromatic carbocycles. The lowest BCUT2D eigenvalue weighted by Gasteiger charge is -2.11. The largest absolute Gasteiger partial charge is 0.355 e. The Hall–Kier alpha value is -5.02. The minimum atomic E-state index is -0.282. The van der Waals surface area contributed by atoms with Crippen LogP contribution in [0.25, 0.3) is 0 Å². The first kappa shape index (κ1) is 27.5. The standard InChI is InChI=1S/C32H27BrN6O2/c1-38-17-13-27(14-18-38)34-23-4-8-25(9-5-23)36-31(40)22-3-12-29(30(33)21-22)32(41)37-26-10-6-24(7-11-26)35-28-15-19-39(2)20-16-28/h3-21H,1-2H3,(H2,36,37,40,41)/p+2. The fourth-order valence-electron chi connectivity index (χ4n) is 4.02. The van der Waals surface area contributed by atoms with Gasteiger partial charge in [0.05, 0.1) is 16.9 Å². The highest BCUT2D eigenvalue weighted by Crippen LogP contribution is 2.24. The summed E-state index contributed by atoms with van der Waals surface area (Å²) in [5.41, 5.74) is 5.93. The number of hydrogen-bond donors (Lipinski definition) is 4. The summed E-state index contributed by atoms with van der Waals surface area (Å²) in [5, 5.41) is 12.5. The fourth-order valence-corrected chi connectivity index (χ4v) is 4.58. The molecule has 5 aromatic rings. The molecule has 0 atom stereocenters. The van der Waals surface area contributed by atoms with Gasteiger partial charge in [-0.2, -0.15) is 0 Å². The van der Waals surface area contributed by atoms with Crippen LogP contribution >= 0.6 is 15.9 Å². The van der Waals surface area contributed by atoms with Gasteiger partial charge in [-0.3, -0.25) is 9.59 Å². The van der Waals surface area contributed by atoms with Crippen molar-refractivity contribution in [2.24, 2.45) is 14.1 Å². The molecule has 0 unspecified atom stereocenters. The molecule has 0 aliphatic carbocycles. The predicted octanol–water partition coefficient (Wildman–Crippen LogP) is 6.09. The van der Waals surface area contributed by atoms with Crippen LogP contribution in [0.1, 0.15) is 20.7 Å². The number of nitrogens with zero attached hydrogens (tertiary/aromatic N) is 2. The van der Waals surface area contributed by atoms with Crippen LogP contribution in [0.4, 0.5) is 34.1 Å².